The van der Waals surface area contributed by atoms with Crippen LogP contribution in [-0.4, -0.2) is 8.86 Å². The van der Waals surface area contributed by atoms with Crippen LogP contribution in [0.25, 0.3) is 0 Å². The summed E-state index contributed by atoms with van der Waals surface area (Å²) in [4.78, 5) is 0. The van der Waals surface area contributed by atoms with Crippen LogP contribution in [0.2, 0.25) is 0 Å². The SMILES string of the molecule is CC(C)(C)C[I-]CC(C)(C)C. The topological polar surface area (TPSA) is 0 Å². The minimum absolute atomic E-state index is 0.445. The Morgan fingerprint density at radius 3 is 1.18 bits per heavy atom. The van der Waals surface area contributed by atoms with Crippen LogP contribution in [0, 0.1) is 10.8 Å². The molecule has 0 rings (SSSR count). The third kappa shape index (κ3) is 10.7. The predicted molar refractivity (Wildman–Crippen MR) is 48.6 cm³/mol. The third-order valence-corrected chi connectivity index (χ3v) is 6.65. The fraction of sp³-hybridized carbons (Fsp3) is 1.00. The van der Waals surface area contributed by atoms with Gasteiger partial charge in [-0.05, 0) is 0 Å². The van der Waals surface area contributed by atoms with E-state index >= 15 is 0 Å². The second-order valence-electron chi connectivity index (χ2n) is 5.58. The molecule has 0 aliphatic rings. The first kappa shape index (κ1) is 11.7. The summed E-state index contributed by atoms with van der Waals surface area (Å²) in [5, 5.41) is 0. The van der Waals surface area contributed by atoms with E-state index in [4.69, 9.17) is 0 Å². The Balaban J connectivity index is 3.44. The molecule has 1 heteroatoms. The molecule has 0 fully saturated rings. The quantitative estimate of drug-likeness (QED) is 0.495. The molecule has 0 atom stereocenters. The van der Waals surface area contributed by atoms with Crippen LogP contribution in [0.3, 0.4) is 0 Å². The fourth-order valence-corrected chi connectivity index (χ4v) is 4.12. The first-order valence-electron chi connectivity index (χ1n) is 4.24. The van der Waals surface area contributed by atoms with Gasteiger partial charge in [-0.3, -0.25) is 0 Å². The van der Waals surface area contributed by atoms with E-state index in [1.165, 1.54) is 8.86 Å². The molecule has 0 spiro atoms. The van der Waals surface area contributed by atoms with Gasteiger partial charge in [-0.2, -0.15) is 0 Å². The zero-order chi connectivity index (χ0) is 9.12. The molecule has 0 radical (unpaired) electrons. The van der Waals surface area contributed by atoms with E-state index in [0.717, 1.165) is 0 Å². The molecule has 0 unspecified atom stereocenters. The summed E-state index contributed by atoms with van der Waals surface area (Å²) in [5.41, 5.74) is 1.14. The van der Waals surface area contributed by atoms with Gasteiger partial charge in [-0.25, -0.2) is 0 Å². The summed E-state index contributed by atoms with van der Waals surface area (Å²) in [6.07, 6.45) is 0. The summed E-state index contributed by atoms with van der Waals surface area (Å²) in [6.45, 7) is 14.1. The van der Waals surface area contributed by atoms with E-state index in [1.54, 1.807) is 0 Å². The van der Waals surface area contributed by atoms with Crippen LogP contribution in [-0.2, 0) is 0 Å². The van der Waals surface area contributed by atoms with Gasteiger partial charge in [0.25, 0.3) is 0 Å². The van der Waals surface area contributed by atoms with E-state index in [0.29, 0.717) is 32.0 Å². The van der Waals surface area contributed by atoms with E-state index < -0.39 is 0 Å². The molecule has 0 amide bonds. The Hall–Kier alpha value is 0.730. The molecule has 0 aromatic heterocycles. The molecule has 0 heterocycles. The molecule has 0 aliphatic heterocycles. The van der Waals surface area contributed by atoms with Crippen molar-refractivity contribution in [2.45, 2.75) is 41.5 Å². The minimum atomic E-state index is 0.445. The average Bonchev–Trinajstić information content (AvgIpc) is 1.55. The first-order valence-corrected chi connectivity index (χ1v) is 7.29. The molecule has 0 saturated heterocycles. The van der Waals surface area contributed by atoms with Gasteiger partial charge in [0, 0.05) is 0 Å². The monoisotopic (exact) mass is 269 g/mol. The Morgan fingerprint density at radius 1 is 0.727 bits per heavy atom. The standard InChI is InChI=1S/C10H22I/c1-9(2,3)7-11-8-10(4,5)6/h7-8H2,1-6H3/q-1. The summed E-state index contributed by atoms with van der Waals surface area (Å²) < 4.78 is 2.92. The van der Waals surface area contributed by atoms with Crippen LogP contribution in [0.5, 0.6) is 0 Å². The molecule has 0 bridgehead atoms. The summed E-state index contributed by atoms with van der Waals surface area (Å²) in [5.74, 6) is 0. The summed E-state index contributed by atoms with van der Waals surface area (Å²) in [6, 6.07) is 0. The number of hydrogen-bond acceptors (Lipinski definition) is 0. The number of alkyl halides is 2. The van der Waals surface area contributed by atoms with Crippen LogP contribution in [0.15, 0.2) is 0 Å². The Morgan fingerprint density at radius 2 is 1.00 bits per heavy atom. The van der Waals surface area contributed by atoms with E-state index in [2.05, 4.69) is 41.5 Å². The van der Waals surface area contributed by atoms with Crippen molar-refractivity contribution >= 4 is 0 Å². The van der Waals surface area contributed by atoms with E-state index in [-0.39, 0.29) is 0 Å². The van der Waals surface area contributed by atoms with Crippen LogP contribution < -0.4 is 21.2 Å². The molecule has 11 heavy (non-hydrogen) atoms. The van der Waals surface area contributed by atoms with Gasteiger partial charge in [0.15, 0.2) is 0 Å². The van der Waals surface area contributed by atoms with Crippen molar-refractivity contribution in [3.05, 3.63) is 0 Å². The van der Waals surface area contributed by atoms with E-state index in [9.17, 15) is 0 Å². The average molecular weight is 269 g/mol. The fourth-order valence-electron chi connectivity index (χ4n) is 0.614. The Bertz CT molecular complexity index is 89.0. The van der Waals surface area contributed by atoms with Crippen LogP contribution in [0.4, 0.5) is 0 Å². The molecule has 0 aliphatic carbocycles. The van der Waals surface area contributed by atoms with Crippen LogP contribution in [0.1, 0.15) is 41.5 Å². The first-order chi connectivity index (χ1) is 4.71. The maximum absolute atomic E-state index is 2.34. The predicted octanol–water partition coefficient (Wildman–Crippen LogP) is 0.168. The van der Waals surface area contributed by atoms with Crippen molar-refractivity contribution in [3.63, 3.8) is 0 Å². The van der Waals surface area contributed by atoms with Crippen molar-refractivity contribution in [3.8, 4) is 0 Å². The van der Waals surface area contributed by atoms with Gasteiger partial charge in [0.1, 0.15) is 0 Å². The third-order valence-electron chi connectivity index (χ3n) is 0.991. The van der Waals surface area contributed by atoms with Gasteiger partial charge in [-0.1, -0.05) is 0 Å². The zero-order valence-electron chi connectivity index (χ0n) is 8.79. The molecule has 0 N–H and O–H groups in total. The molecule has 0 aromatic carbocycles. The van der Waals surface area contributed by atoms with Gasteiger partial charge >= 0.3 is 82.4 Å². The molecular formula is C10H22I-. The second-order valence-corrected chi connectivity index (χ2v) is 8.18. The van der Waals surface area contributed by atoms with Gasteiger partial charge < -0.3 is 0 Å². The van der Waals surface area contributed by atoms with Gasteiger partial charge in [0.05, 0.1) is 0 Å². The van der Waals surface area contributed by atoms with Crippen molar-refractivity contribution < 1.29 is 21.2 Å². The maximum atomic E-state index is 2.34. The summed E-state index contributed by atoms with van der Waals surface area (Å²) in [7, 11) is 0. The zero-order valence-corrected chi connectivity index (χ0v) is 10.9. The van der Waals surface area contributed by atoms with Crippen molar-refractivity contribution in [2.24, 2.45) is 10.8 Å². The molecule has 0 saturated carbocycles. The normalized spacial score (nSPS) is 14.0. The van der Waals surface area contributed by atoms with Crippen molar-refractivity contribution in [1.29, 1.82) is 0 Å². The number of hydrogen-bond donors (Lipinski definition) is 0. The van der Waals surface area contributed by atoms with Crippen LogP contribution >= 0.6 is 0 Å². The Kier molecular flexibility index (Phi) is 4.38. The van der Waals surface area contributed by atoms with Crippen molar-refractivity contribution in [1.82, 2.24) is 0 Å². The molecule has 70 valence electrons. The van der Waals surface area contributed by atoms with E-state index in [1.807, 2.05) is 0 Å². The number of halogens is 1. The summed E-state index contributed by atoms with van der Waals surface area (Å²) >= 11 is 0.445. The van der Waals surface area contributed by atoms with Gasteiger partial charge in [0.2, 0.25) is 0 Å². The molecule has 0 nitrogen and oxygen atoms in total. The second kappa shape index (κ2) is 4.11. The Labute approximate surface area is 82.4 Å². The number of rotatable bonds is 2. The molecule has 0 aromatic rings. The molecular weight excluding hydrogens is 247 g/mol. The van der Waals surface area contributed by atoms with Gasteiger partial charge in [-0.15, -0.1) is 0 Å². The van der Waals surface area contributed by atoms with Crippen molar-refractivity contribution in [2.75, 3.05) is 8.86 Å².